The summed E-state index contributed by atoms with van der Waals surface area (Å²) in [4.78, 5) is 10.2. The van der Waals surface area contributed by atoms with Crippen LogP contribution in [0.15, 0.2) is 12.4 Å². The Labute approximate surface area is 76.4 Å². The molecule has 0 atom stereocenters. The molecule has 0 amide bonds. The van der Waals surface area contributed by atoms with Gasteiger partial charge in [0.15, 0.2) is 0 Å². The average molecular weight is 182 g/mol. The van der Waals surface area contributed by atoms with Gasteiger partial charge in [0.05, 0.1) is 12.4 Å². The van der Waals surface area contributed by atoms with Crippen LogP contribution in [-0.2, 0) is 0 Å². The van der Waals surface area contributed by atoms with E-state index in [1.807, 2.05) is 19.0 Å². The smallest absolute Gasteiger partial charge is 0.147 e. The molecule has 0 fully saturated rings. The van der Waals surface area contributed by atoms with E-state index in [1.54, 1.807) is 12.4 Å². The lowest BCUT2D eigenvalue weighted by molar-refractivity contribution is 1.03. The summed E-state index contributed by atoms with van der Waals surface area (Å²) in [6.07, 6.45) is 3.21. The number of aromatic nitrogens is 2. The lowest BCUT2D eigenvalue weighted by atomic mass is 10.4. The standard InChI is InChI=1S/C7H10N4S/c1-11(2)6-4-9-3-5(10-6)7(8)12/h3-4H,1-2H3,(H2,8,12). The van der Waals surface area contributed by atoms with Crippen molar-refractivity contribution in [3.63, 3.8) is 0 Å². The zero-order valence-electron chi connectivity index (χ0n) is 6.98. The zero-order chi connectivity index (χ0) is 9.14. The van der Waals surface area contributed by atoms with Crippen molar-refractivity contribution in [2.45, 2.75) is 0 Å². The second-order valence-electron chi connectivity index (χ2n) is 2.52. The molecule has 0 spiro atoms. The van der Waals surface area contributed by atoms with Gasteiger partial charge in [0, 0.05) is 14.1 Å². The van der Waals surface area contributed by atoms with Crippen molar-refractivity contribution >= 4 is 23.0 Å². The predicted octanol–water partition coefficient (Wildman–Crippen LogP) is 0.177. The summed E-state index contributed by atoms with van der Waals surface area (Å²) in [5.74, 6) is 0.750. The topological polar surface area (TPSA) is 55.0 Å². The second-order valence-corrected chi connectivity index (χ2v) is 2.96. The van der Waals surface area contributed by atoms with Gasteiger partial charge in [-0.05, 0) is 0 Å². The van der Waals surface area contributed by atoms with Crippen LogP contribution in [0.25, 0.3) is 0 Å². The van der Waals surface area contributed by atoms with Gasteiger partial charge in [-0.3, -0.25) is 4.98 Å². The maximum atomic E-state index is 5.39. The minimum absolute atomic E-state index is 0.270. The van der Waals surface area contributed by atoms with Crippen LogP contribution in [0.4, 0.5) is 5.82 Å². The average Bonchev–Trinajstić information content (AvgIpc) is 2.04. The number of hydrogen-bond donors (Lipinski definition) is 1. The van der Waals surface area contributed by atoms with Gasteiger partial charge in [0.25, 0.3) is 0 Å². The largest absolute Gasteiger partial charge is 0.388 e. The molecule has 2 N–H and O–H groups in total. The number of hydrogen-bond acceptors (Lipinski definition) is 4. The molecule has 0 aromatic carbocycles. The van der Waals surface area contributed by atoms with Crippen molar-refractivity contribution in [3.8, 4) is 0 Å². The van der Waals surface area contributed by atoms with Crippen molar-refractivity contribution in [1.29, 1.82) is 0 Å². The van der Waals surface area contributed by atoms with Gasteiger partial charge >= 0.3 is 0 Å². The molecule has 12 heavy (non-hydrogen) atoms. The molecule has 64 valence electrons. The zero-order valence-corrected chi connectivity index (χ0v) is 7.80. The van der Waals surface area contributed by atoms with Crippen molar-refractivity contribution in [2.24, 2.45) is 5.73 Å². The van der Waals surface area contributed by atoms with Crippen molar-refractivity contribution < 1.29 is 0 Å². The first-order valence-corrected chi connectivity index (χ1v) is 3.81. The third-order valence-electron chi connectivity index (χ3n) is 1.33. The fraction of sp³-hybridized carbons (Fsp3) is 0.286. The van der Waals surface area contributed by atoms with Crippen molar-refractivity contribution in [3.05, 3.63) is 18.1 Å². The maximum absolute atomic E-state index is 5.39. The SMILES string of the molecule is CN(C)c1cncc(C(N)=S)n1. The van der Waals surface area contributed by atoms with Crippen LogP contribution in [0, 0.1) is 0 Å². The normalized spacial score (nSPS) is 9.50. The van der Waals surface area contributed by atoms with Gasteiger partial charge in [-0.2, -0.15) is 0 Å². The number of rotatable bonds is 2. The van der Waals surface area contributed by atoms with Crippen LogP contribution in [0.2, 0.25) is 0 Å². The summed E-state index contributed by atoms with van der Waals surface area (Å²) in [6.45, 7) is 0. The Bertz CT molecular complexity index is 297. The van der Waals surface area contributed by atoms with E-state index in [2.05, 4.69) is 9.97 Å². The van der Waals surface area contributed by atoms with Gasteiger partial charge < -0.3 is 10.6 Å². The molecule has 0 bridgehead atoms. The molecule has 0 saturated carbocycles. The van der Waals surface area contributed by atoms with Crippen molar-refractivity contribution in [2.75, 3.05) is 19.0 Å². The Balaban J connectivity index is 3.04. The summed E-state index contributed by atoms with van der Waals surface area (Å²) in [5, 5.41) is 0. The quantitative estimate of drug-likeness (QED) is 0.661. The number of nitrogens with zero attached hydrogens (tertiary/aromatic N) is 3. The van der Waals surface area contributed by atoms with Gasteiger partial charge in [0.1, 0.15) is 16.5 Å². The summed E-state index contributed by atoms with van der Waals surface area (Å²) >= 11 is 4.76. The minimum atomic E-state index is 0.270. The van der Waals surface area contributed by atoms with Gasteiger partial charge in [0.2, 0.25) is 0 Å². The van der Waals surface area contributed by atoms with Crippen LogP contribution in [0.1, 0.15) is 5.69 Å². The van der Waals surface area contributed by atoms with Crippen LogP contribution >= 0.6 is 12.2 Å². The third kappa shape index (κ3) is 1.88. The van der Waals surface area contributed by atoms with Gasteiger partial charge in [-0.25, -0.2) is 4.98 Å². The van der Waals surface area contributed by atoms with Crippen LogP contribution in [-0.4, -0.2) is 29.1 Å². The summed E-state index contributed by atoms with van der Waals surface area (Å²) in [6, 6.07) is 0. The molecular formula is C7H10N4S. The Morgan fingerprint density at radius 2 is 2.17 bits per heavy atom. The van der Waals surface area contributed by atoms with Crippen LogP contribution in [0.5, 0.6) is 0 Å². The maximum Gasteiger partial charge on any atom is 0.147 e. The first kappa shape index (κ1) is 8.86. The van der Waals surface area contributed by atoms with E-state index in [9.17, 15) is 0 Å². The molecule has 5 heteroatoms. The molecule has 4 nitrogen and oxygen atoms in total. The lowest BCUT2D eigenvalue weighted by Crippen LogP contribution is -2.16. The lowest BCUT2D eigenvalue weighted by Gasteiger charge is -2.10. The molecule has 0 aliphatic rings. The molecule has 1 aromatic rings. The Kier molecular flexibility index (Phi) is 2.54. The molecular weight excluding hydrogens is 172 g/mol. The number of nitrogens with two attached hydrogens (primary N) is 1. The van der Waals surface area contributed by atoms with Crippen molar-refractivity contribution in [1.82, 2.24) is 9.97 Å². The first-order valence-electron chi connectivity index (χ1n) is 3.40. The minimum Gasteiger partial charge on any atom is -0.388 e. The molecule has 1 heterocycles. The highest BCUT2D eigenvalue weighted by molar-refractivity contribution is 7.80. The molecule has 0 aliphatic heterocycles. The van der Waals surface area contributed by atoms with Crippen LogP contribution in [0.3, 0.4) is 0 Å². The highest BCUT2D eigenvalue weighted by atomic mass is 32.1. The monoisotopic (exact) mass is 182 g/mol. The summed E-state index contributed by atoms with van der Waals surface area (Å²) in [5.41, 5.74) is 5.95. The van der Waals surface area contributed by atoms with E-state index in [4.69, 9.17) is 18.0 Å². The van der Waals surface area contributed by atoms with E-state index in [1.165, 1.54) is 0 Å². The van der Waals surface area contributed by atoms with E-state index in [0.29, 0.717) is 5.69 Å². The highest BCUT2D eigenvalue weighted by Crippen LogP contribution is 2.04. The molecule has 0 saturated heterocycles. The fourth-order valence-electron chi connectivity index (χ4n) is 0.690. The van der Waals surface area contributed by atoms with E-state index < -0.39 is 0 Å². The Morgan fingerprint density at radius 3 is 2.67 bits per heavy atom. The van der Waals surface area contributed by atoms with E-state index in [0.717, 1.165) is 5.82 Å². The second kappa shape index (κ2) is 3.44. The summed E-state index contributed by atoms with van der Waals surface area (Å²) < 4.78 is 0. The third-order valence-corrected chi connectivity index (χ3v) is 1.54. The molecule has 0 unspecified atom stereocenters. The fourth-order valence-corrected chi connectivity index (χ4v) is 0.788. The van der Waals surface area contributed by atoms with Crippen LogP contribution < -0.4 is 10.6 Å². The highest BCUT2D eigenvalue weighted by Gasteiger charge is 2.01. The first-order chi connectivity index (χ1) is 5.61. The Hall–Kier alpha value is -1.23. The molecule has 1 rings (SSSR count). The molecule has 0 aliphatic carbocycles. The molecule has 1 aromatic heterocycles. The van der Waals surface area contributed by atoms with E-state index >= 15 is 0 Å². The predicted molar refractivity (Wildman–Crippen MR) is 52.2 cm³/mol. The van der Waals surface area contributed by atoms with Gasteiger partial charge in [-0.15, -0.1) is 0 Å². The van der Waals surface area contributed by atoms with E-state index in [-0.39, 0.29) is 4.99 Å². The summed E-state index contributed by atoms with van der Waals surface area (Å²) in [7, 11) is 3.76. The Morgan fingerprint density at radius 1 is 1.50 bits per heavy atom. The molecule has 0 radical (unpaired) electrons. The number of thiocarbonyl (C=S) groups is 1. The number of anilines is 1. The van der Waals surface area contributed by atoms with Gasteiger partial charge in [-0.1, -0.05) is 12.2 Å².